The molecule has 3 N–H and O–H groups in total. The molecule has 2 atom stereocenters. The molecule has 1 saturated heterocycles. The zero-order chi connectivity index (χ0) is 12.5. The van der Waals surface area contributed by atoms with Gasteiger partial charge in [-0.15, -0.1) is 0 Å². The number of nitrogens with one attached hydrogen (secondary N) is 1. The Morgan fingerprint density at radius 1 is 1.50 bits per heavy atom. The Balaban J connectivity index is 1.99. The van der Waals surface area contributed by atoms with E-state index in [9.17, 15) is 0 Å². The molecule has 5 heteroatoms. The highest BCUT2D eigenvalue weighted by Crippen LogP contribution is 2.38. The van der Waals surface area contributed by atoms with Crippen molar-refractivity contribution in [3.05, 3.63) is 35.0 Å². The van der Waals surface area contributed by atoms with E-state index in [1.807, 2.05) is 36.0 Å². The number of nitrogens with two attached hydrogens (primary N) is 1. The van der Waals surface area contributed by atoms with Gasteiger partial charge in [-0.2, -0.15) is 11.8 Å². The first kappa shape index (κ1) is 12.4. The molecule has 3 rings (SSSR count). The van der Waals surface area contributed by atoms with E-state index in [0.717, 1.165) is 16.7 Å². The minimum atomic E-state index is 0.0565. The molecule has 0 aliphatic carbocycles. The van der Waals surface area contributed by atoms with Crippen LogP contribution < -0.4 is 11.3 Å². The second-order valence-electron chi connectivity index (χ2n) is 4.50. The molecule has 0 spiro atoms. The fourth-order valence-electron chi connectivity index (χ4n) is 2.44. The molecule has 0 saturated carbocycles. The number of para-hydroxylation sites is 1. The van der Waals surface area contributed by atoms with Crippen molar-refractivity contribution in [3.8, 4) is 0 Å². The lowest BCUT2D eigenvalue weighted by atomic mass is 10.1. The number of hydrazine groups is 1. The van der Waals surface area contributed by atoms with Gasteiger partial charge < -0.3 is 4.42 Å². The van der Waals surface area contributed by atoms with E-state index < -0.39 is 0 Å². The summed E-state index contributed by atoms with van der Waals surface area (Å²) in [6.07, 6.45) is 2.42. The standard InChI is InChI=1S/C13H15ClN2OS/c14-9-4-1-3-8-7-10(17-13(8)9)12(16-15)11-5-2-6-18-11/h1,3-4,7,11-12,16H,2,5-6,15H2. The minimum Gasteiger partial charge on any atom is -0.458 e. The molecule has 3 nitrogen and oxygen atoms in total. The number of hydrogen-bond donors (Lipinski definition) is 2. The molecule has 1 aromatic carbocycles. The third-order valence-electron chi connectivity index (χ3n) is 3.34. The van der Waals surface area contributed by atoms with Crippen LogP contribution in [0.25, 0.3) is 11.0 Å². The first-order chi connectivity index (χ1) is 8.79. The van der Waals surface area contributed by atoms with E-state index in [1.54, 1.807) is 0 Å². The summed E-state index contributed by atoms with van der Waals surface area (Å²) in [7, 11) is 0. The molecule has 96 valence electrons. The maximum Gasteiger partial charge on any atom is 0.152 e. The largest absolute Gasteiger partial charge is 0.458 e. The molecule has 1 aliphatic heterocycles. The van der Waals surface area contributed by atoms with Crippen molar-refractivity contribution in [1.29, 1.82) is 0 Å². The number of rotatable bonds is 3. The highest BCUT2D eigenvalue weighted by Gasteiger charge is 2.28. The van der Waals surface area contributed by atoms with Gasteiger partial charge in [0.05, 0.1) is 11.1 Å². The van der Waals surface area contributed by atoms with Crippen LogP contribution in [0.4, 0.5) is 0 Å². The van der Waals surface area contributed by atoms with E-state index >= 15 is 0 Å². The normalized spacial score (nSPS) is 21.6. The lowest BCUT2D eigenvalue weighted by molar-refractivity contribution is 0.421. The summed E-state index contributed by atoms with van der Waals surface area (Å²) in [6, 6.07) is 7.86. The average Bonchev–Trinajstić information content (AvgIpc) is 3.00. The number of hydrogen-bond acceptors (Lipinski definition) is 4. The van der Waals surface area contributed by atoms with Crippen molar-refractivity contribution in [1.82, 2.24) is 5.43 Å². The SMILES string of the molecule is NNC(c1cc2cccc(Cl)c2o1)C1CCCS1. The van der Waals surface area contributed by atoms with Gasteiger partial charge in [-0.25, -0.2) is 5.43 Å². The summed E-state index contributed by atoms with van der Waals surface area (Å²) in [5.74, 6) is 7.76. The van der Waals surface area contributed by atoms with Gasteiger partial charge in [-0.1, -0.05) is 23.7 Å². The highest BCUT2D eigenvalue weighted by atomic mass is 35.5. The van der Waals surface area contributed by atoms with Gasteiger partial charge in [0.25, 0.3) is 0 Å². The summed E-state index contributed by atoms with van der Waals surface area (Å²) in [4.78, 5) is 0. The Hall–Kier alpha value is -0.680. The fourth-order valence-corrected chi connectivity index (χ4v) is 4.03. The monoisotopic (exact) mass is 282 g/mol. The van der Waals surface area contributed by atoms with Crippen molar-refractivity contribution in [2.75, 3.05) is 5.75 Å². The first-order valence-electron chi connectivity index (χ1n) is 6.05. The van der Waals surface area contributed by atoms with E-state index in [1.165, 1.54) is 18.6 Å². The fraction of sp³-hybridized carbons (Fsp3) is 0.385. The van der Waals surface area contributed by atoms with Crippen molar-refractivity contribution in [2.45, 2.75) is 24.1 Å². The second-order valence-corrected chi connectivity index (χ2v) is 6.26. The Morgan fingerprint density at radius 2 is 2.39 bits per heavy atom. The molecule has 1 fully saturated rings. The number of halogens is 1. The Labute approximate surface area is 115 Å². The van der Waals surface area contributed by atoms with Crippen molar-refractivity contribution < 1.29 is 4.42 Å². The van der Waals surface area contributed by atoms with Crippen LogP contribution in [-0.2, 0) is 0 Å². The van der Waals surface area contributed by atoms with Crippen LogP contribution in [0.1, 0.15) is 24.6 Å². The molecule has 0 amide bonds. The number of benzene rings is 1. The van der Waals surface area contributed by atoms with Crippen molar-refractivity contribution in [3.63, 3.8) is 0 Å². The third-order valence-corrected chi connectivity index (χ3v) is 5.10. The van der Waals surface area contributed by atoms with E-state index in [-0.39, 0.29) is 6.04 Å². The molecular weight excluding hydrogens is 268 g/mol. The predicted molar refractivity (Wildman–Crippen MR) is 76.8 cm³/mol. The molecule has 2 unspecified atom stereocenters. The smallest absolute Gasteiger partial charge is 0.152 e. The van der Waals surface area contributed by atoms with Gasteiger partial charge in [0, 0.05) is 10.6 Å². The highest BCUT2D eigenvalue weighted by molar-refractivity contribution is 8.00. The molecule has 0 radical (unpaired) electrons. The van der Waals surface area contributed by atoms with Gasteiger partial charge in [-0.3, -0.25) is 5.84 Å². The zero-order valence-electron chi connectivity index (χ0n) is 9.86. The van der Waals surface area contributed by atoms with Crippen molar-refractivity contribution >= 4 is 34.3 Å². The topological polar surface area (TPSA) is 51.2 Å². The van der Waals surface area contributed by atoms with Crippen LogP contribution in [-0.4, -0.2) is 11.0 Å². The van der Waals surface area contributed by atoms with Crippen LogP contribution in [0.15, 0.2) is 28.7 Å². The molecule has 2 aromatic rings. The van der Waals surface area contributed by atoms with E-state index in [2.05, 4.69) is 5.43 Å². The third kappa shape index (κ3) is 2.14. The Kier molecular flexibility index (Phi) is 3.52. The van der Waals surface area contributed by atoms with Crippen LogP contribution in [0, 0.1) is 0 Å². The summed E-state index contributed by atoms with van der Waals surface area (Å²) in [5, 5.41) is 2.16. The van der Waals surface area contributed by atoms with Gasteiger partial charge in [0.1, 0.15) is 5.76 Å². The Bertz CT molecular complexity index is 551. The molecule has 2 heterocycles. The van der Waals surface area contributed by atoms with Crippen molar-refractivity contribution in [2.24, 2.45) is 5.84 Å². The van der Waals surface area contributed by atoms with Gasteiger partial charge in [-0.05, 0) is 30.7 Å². The second kappa shape index (κ2) is 5.13. The summed E-state index contributed by atoms with van der Waals surface area (Å²) >= 11 is 8.08. The molecule has 0 bridgehead atoms. The Morgan fingerprint density at radius 3 is 3.06 bits per heavy atom. The maximum atomic E-state index is 6.13. The lowest BCUT2D eigenvalue weighted by Gasteiger charge is -2.19. The van der Waals surface area contributed by atoms with Crippen LogP contribution in [0.5, 0.6) is 0 Å². The van der Waals surface area contributed by atoms with Crippen LogP contribution in [0.3, 0.4) is 0 Å². The lowest BCUT2D eigenvalue weighted by Crippen LogP contribution is -2.33. The quantitative estimate of drug-likeness (QED) is 0.668. The summed E-state index contributed by atoms with van der Waals surface area (Å²) in [5.41, 5.74) is 3.63. The molecule has 1 aliphatic rings. The summed E-state index contributed by atoms with van der Waals surface area (Å²) < 4.78 is 5.88. The van der Waals surface area contributed by atoms with E-state index in [0.29, 0.717) is 10.3 Å². The van der Waals surface area contributed by atoms with Crippen LogP contribution in [0.2, 0.25) is 5.02 Å². The molecular formula is C13H15ClN2OS. The number of furan rings is 1. The number of fused-ring (bicyclic) bond motifs is 1. The van der Waals surface area contributed by atoms with Crippen LogP contribution >= 0.6 is 23.4 Å². The van der Waals surface area contributed by atoms with Gasteiger partial charge in [0.15, 0.2) is 5.58 Å². The number of thioether (sulfide) groups is 1. The van der Waals surface area contributed by atoms with Gasteiger partial charge in [0.2, 0.25) is 0 Å². The molecule has 1 aromatic heterocycles. The summed E-state index contributed by atoms with van der Waals surface area (Å²) in [6.45, 7) is 0. The molecule has 18 heavy (non-hydrogen) atoms. The first-order valence-corrected chi connectivity index (χ1v) is 7.48. The van der Waals surface area contributed by atoms with E-state index in [4.69, 9.17) is 21.9 Å². The maximum absolute atomic E-state index is 6.13. The zero-order valence-corrected chi connectivity index (χ0v) is 11.4. The minimum absolute atomic E-state index is 0.0565. The van der Waals surface area contributed by atoms with Gasteiger partial charge >= 0.3 is 0 Å². The predicted octanol–water partition coefficient (Wildman–Crippen LogP) is 3.49. The average molecular weight is 283 g/mol.